The summed E-state index contributed by atoms with van der Waals surface area (Å²) >= 11 is 0. The molecule has 0 saturated carbocycles. The molecule has 0 bridgehead atoms. The minimum Gasteiger partial charge on any atom is -0.370 e. The van der Waals surface area contributed by atoms with Crippen molar-refractivity contribution in [1.29, 1.82) is 0 Å². The van der Waals surface area contributed by atoms with E-state index in [9.17, 15) is 8.42 Å². The lowest BCUT2D eigenvalue weighted by Crippen LogP contribution is -2.43. The highest BCUT2D eigenvalue weighted by molar-refractivity contribution is 14.0. The Morgan fingerprint density at radius 3 is 2.43 bits per heavy atom. The molecule has 0 aromatic rings. The molecule has 2 heterocycles. The van der Waals surface area contributed by atoms with Gasteiger partial charge in [-0.1, -0.05) is 6.92 Å². The summed E-state index contributed by atoms with van der Waals surface area (Å²) in [6, 6.07) is -0.0211. The van der Waals surface area contributed by atoms with Crippen molar-refractivity contribution in [3.05, 3.63) is 0 Å². The Balaban J connectivity index is 0.00000220. The van der Waals surface area contributed by atoms with Crippen molar-refractivity contribution in [2.45, 2.75) is 38.6 Å². The minimum atomic E-state index is -3.12. The van der Waals surface area contributed by atoms with E-state index in [-0.39, 0.29) is 30.0 Å². The van der Waals surface area contributed by atoms with E-state index in [1.54, 1.807) is 4.31 Å². The summed E-state index contributed by atoms with van der Waals surface area (Å²) < 4.78 is 24.9. The maximum absolute atomic E-state index is 11.7. The second-order valence-electron chi connectivity index (χ2n) is 6.04. The predicted molar refractivity (Wildman–Crippen MR) is 96.4 cm³/mol. The van der Waals surface area contributed by atoms with Gasteiger partial charge in [-0.25, -0.2) is 8.42 Å². The van der Waals surface area contributed by atoms with Crippen LogP contribution in [0.2, 0.25) is 0 Å². The highest BCUT2D eigenvalue weighted by Crippen LogP contribution is 2.21. The van der Waals surface area contributed by atoms with Crippen molar-refractivity contribution in [3.63, 3.8) is 0 Å². The summed E-state index contributed by atoms with van der Waals surface area (Å²) in [5.41, 5.74) is 6.03. The lowest BCUT2D eigenvalue weighted by Gasteiger charge is -2.31. The van der Waals surface area contributed by atoms with Gasteiger partial charge in [0.05, 0.1) is 12.8 Å². The number of halogens is 1. The summed E-state index contributed by atoms with van der Waals surface area (Å²) in [7, 11) is -3.12. The first-order valence-corrected chi connectivity index (χ1v) is 9.24. The molecule has 0 aromatic carbocycles. The molecular weight excluding hydrogens is 403 g/mol. The number of nitrogens with zero attached hydrogens (tertiary/aromatic N) is 3. The van der Waals surface area contributed by atoms with Crippen LogP contribution in [0, 0.1) is 5.92 Å². The van der Waals surface area contributed by atoms with Crippen LogP contribution in [0.25, 0.3) is 0 Å². The average Bonchev–Trinajstić information content (AvgIpc) is 2.85. The van der Waals surface area contributed by atoms with Gasteiger partial charge in [-0.3, -0.25) is 4.99 Å². The van der Waals surface area contributed by atoms with Gasteiger partial charge in [0.15, 0.2) is 5.96 Å². The van der Waals surface area contributed by atoms with Gasteiger partial charge in [0.1, 0.15) is 0 Å². The summed E-state index contributed by atoms with van der Waals surface area (Å²) in [5, 5.41) is 0. The average molecular weight is 430 g/mol. The van der Waals surface area contributed by atoms with Crippen molar-refractivity contribution >= 4 is 40.0 Å². The molecule has 2 fully saturated rings. The quantitative estimate of drug-likeness (QED) is 0.413. The van der Waals surface area contributed by atoms with Crippen LogP contribution >= 0.6 is 24.0 Å². The number of nitrogens with two attached hydrogens (primary N) is 1. The fourth-order valence-corrected chi connectivity index (χ4v) is 4.14. The zero-order valence-electron chi connectivity index (χ0n) is 12.9. The molecule has 2 aliphatic heterocycles. The van der Waals surface area contributed by atoms with Crippen molar-refractivity contribution in [3.8, 4) is 0 Å². The number of sulfonamides is 1. The number of piperidine rings is 1. The van der Waals surface area contributed by atoms with Gasteiger partial charge in [-0.15, -0.1) is 24.0 Å². The molecule has 8 heteroatoms. The van der Waals surface area contributed by atoms with Crippen LogP contribution < -0.4 is 5.73 Å². The first-order chi connectivity index (χ1) is 9.38. The third-order valence-corrected chi connectivity index (χ3v) is 5.65. The van der Waals surface area contributed by atoms with E-state index in [1.807, 2.05) is 0 Å². The smallest absolute Gasteiger partial charge is 0.211 e. The van der Waals surface area contributed by atoms with E-state index < -0.39 is 10.0 Å². The zero-order chi connectivity index (χ0) is 14.8. The van der Waals surface area contributed by atoms with Crippen LogP contribution in [0.1, 0.15) is 32.6 Å². The molecule has 0 spiro atoms. The third-order valence-electron chi connectivity index (χ3n) is 4.32. The molecule has 124 valence electrons. The number of aliphatic imine (C=N–C) groups is 1. The molecule has 2 N–H and O–H groups in total. The number of guanidine groups is 1. The Hall–Kier alpha value is -0.0900. The lowest BCUT2D eigenvalue weighted by atomic mass is 10.00. The van der Waals surface area contributed by atoms with E-state index in [1.165, 1.54) is 6.26 Å². The highest BCUT2D eigenvalue weighted by Gasteiger charge is 2.31. The van der Waals surface area contributed by atoms with Crippen LogP contribution in [-0.4, -0.2) is 62.1 Å². The monoisotopic (exact) mass is 430 g/mol. The Morgan fingerprint density at radius 2 is 1.86 bits per heavy atom. The summed E-state index contributed by atoms with van der Waals surface area (Å²) in [5.74, 6) is 1.33. The Kier molecular flexibility index (Phi) is 7.18. The maximum atomic E-state index is 11.7. The van der Waals surface area contributed by atoms with Gasteiger partial charge in [-0.05, 0) is 31.6 Å². The Morgan fingerprint density at radius 1 is 1.24 bits per heavy atom. The van der Waals surface area contributed by atoms with Crippen LogP contribution in [0.15, 0.2) is 4.99 Å². The van der Waals surface area contributed by atoms with Crippen LogP contribution in [0.4, 0.5) is 0 Å². The fourth-order valence-electron chi connectivity index (χ4n) is 2.96. The standard InChI is InChI=1S/C13H26N4O2S.HI/c1-11-5-8-16(9-6-11)13(14)15-10-12-4-3-7-17(12)20(2,18)19;/h11-12H,3-10H2,1-2H3,(H2,14,15);1H/t12-;/m1./s1. The van der Waals surface area contributed by atoms with E-state index in [0.717, 1.165) is 44.7 Å². The molecule has 2 saturated heterocycles. The summed E-state index contributed by atoms with van der Waals surface area (Å²) in [4.78, 5) is 6.54. The van der Waals surface area contributed by atoms with Crippen molar-refractivity contribution in [1.82, 2.24) is 9.21 Å². The zero-order valence-corrected chi connectivity index (χ0v) is 16.0. The molecule has 21 heavy (non-hydrogen) atoms. The van der Waals surface area contributed by atoms with Crippen molar-refractivity contribution < 1.29 is 8.42 Å². The molecule has 0 radical (unpaired) electrons. The van der Waals surface area contributed by atoms with Crippen molar-refractivity contribution in [2.75, 3.05) is 32.4 Å². The molecule has 0 unspecified atom stereocenters. The summed E-state index contributed by atoms with van der Waals surface area (Å²) in [6.07, 6.45) is 5.35. The molecule has 6 nitrogen and oxygen atoms in total. The van der Waals surface area contributed by atoms with Gasteiger partial charge in [0, 0.05) is 25.7 Å². The number of hydrogen-bond acceptors (Lipinski definition) is 3. The molecule has 2 rings (SSSR count). The van der Waals surface area contributed by atoms with Gasteiger partial charge >= 0.3 is 0 Å². The highest BCUT2D eigenvalue weighted by atomic mass is 127. The first-order valence-electron chi connectivity index (χ1n) is 7.39. The SMILES string of the molecule is CC1CCN(C(N)=NC[C@H]2CCCN2S(C)(=O)=O)CC1.I. The third kappa shape index (κ3) is 5.24. The number of likely N-dealkylation sites (tertiary alicyclic amines) is 1. The molecular formula is C13H27IN4O2S. The number of rotatable bonds is 3. The van der Waals surface area contributed by atoms with Gasteiger partial charge < -0.3 is 10.6 Å². The molecule has 1 atom stereocenters. The Labute approximate surface area is 145 Å². The number of hydrogen-bond donors (Lipinski definition) is 1. The van der Waals surface area contributed by atoms with Crippen LogP contribution in [-0.2, 0) is 10.0 Å². The predicted octanol–water partition coefficient (Wildman–Crippen LogP) is 1.07. The van der Waals surface area contributed by atoms with E-state index >= 15 is 0 Å². The molecule has 0 amide bonds. The summed E-state index contributed by atoms with van der Waals surface area (Å²) in [6.45, 7) is 5.26. The van der Waals surface area contributed by atoms with Crippen molar-refractivity contribution in [2.24, 2.45) is 16.6 Å². The van der Waals surface area contributed by atoms with E-state index in [2.05, 4.69) is 16.8 Å². The minimum absolute atomic E-state index is 0. The van der Waals surface area contributed by atoms with Gasteiger partial charge in [0.25, 0.3) is 0 Å². The lowest BCUT2D eigenvalue weighted by molar-refractivity contribution is 0.277. The largest absolute Gasteiger partial charge is 0.370 e. The van der Waals surface area contributed by atoms with E-state index in [0.29, 0.717) is 19.0 Å². The molecule has 0 aliphatic carbocycles. The maximum Gasteiger partial charge on any atom is 0.211 e. The second-order valence-corrected chi connectivity index (χ2v) is 7.97. The normalized spacial score (nSPS) is 25.9. The fraction of sp³-hybridized carbons (Fsp3) is 0.923. The van der Waals surface area contributed by atoms with E-state index in [4.69, 9.17) is 5.73 Å². The molecule has 2 aliphatic rings. The van der Waals surface area contributed by atoms with Gasteiger partial charge in [-0.2, -0.15) is 4.31 Å². The topological polar surface area (TPSA) is 79.0 Å². The van der Waals surface area contributed by atoms with Crippen LogP contribution in [0.3, 0.4) is 0 Å². The van der Waals surface area contributed by atoms with Crippen LogP contribution in [0.5, 0.6) is 0 Å². The molecule has 0 aromatic heterocycles. The Bertz CT molecular complexity index is 461. The second kappa shape index (κ2) is 7.96. The first kappa shape index (κ1) is 19.0. The van der Waals surface area contributed by atoms with Gasteiger partial charge in [0.2, 0.25) is 10.0 Å².